The molecule has 0 saturated carbocycles. The van der Waals surface area contributed by atoms with Crippen molar-refractivity contribution < 1.29 is 4.74 Å². The van der Waals surface area contributed by atoms with Crippen LogP contribution < -0.4 is 10.5 Å². The van der Waals surface area contributed by atoms with Crippen LogP contribution in [0.25, 0.3) is 5.82 Å². The Kier molecular flexibility index (Phi) is 2.98. The van der Waals surface area contributed by atoms with E-state index in [1.165, 1.54) is 0 Å². The fourth-order valence-corrected chi connectivity index (χ4v) is 1.48. The average molecular weight is 246 g/mol. The number of ether oxygens (including phenoxy) is 1. The largest absolute Gasteiger partial charge is 0.470 e. The van der Waals surface area contributed by atoms with Gasteiger partial charge in [-0.15, -0.1) is 0 Å². The summed E-state index contributed by atoms with van der Waals surface area (Å²) in [7, 11) is 0. The highest BCUT2D eigenvalue weighted by atomic mass is 16.5. The molecule has 0 aliphatic rings. The molecule has 0 atom stereocenters. The minimum Gasteiger partial charge on any atom is -0.470 e. The molecule has 0 spiro atoms. The Bertz CT molecular complexity index is 554. The predicted octanol–water partition coefficient (Wildman–Crippen LogP) is 2.34. The van der Waals surface area contributed by atoms with Crippen LogP contribution in [0.3, 0.4) is 0 Å². The van der Waals surface area contributed by atoms with Crippen LogP contribution in [0, 0.1) is 6.92 Å². The van der Waals surface area contributed by atoms with E-state index in [4.69, 9.17) is 10.5 Å². The van der Waals surface area contributed by atoms with Gasteiger partial charge in [-0.2, -0.15) is 10.1 Å². The molecular weight excluding hydrogens is 228 g/mol. The van der Waals surface area contributed by atoms with Gasteiger partial charge in [0.05, 0.1) is 11.9 Å². The number of nitrogens with zero attached hydrogens (tertiary/aromatic N) is 3. The van der Waals surface area contributed by atoms with Gasteiger partial charge in [-0.1, -0.05) is 0 Å². The highest BCUT2D eigenvalue weighted by Gasteiger charge is 2.16. The lowest BCUT2D eigenvalue weighted by Gasteiger charge is -2.21. The fourth-order valence-electron chi connectivity index (χ4n) is 1.48. The molecule has 0 amide bonds. The average Bonchev–Trinajstić information content (AvgIpc) is 2.66. The van der Waals surface area contributed by atoms with E-state index in [2.05, 4.69) is 10.1 Å². The van der Waals surface area contributed by atoms with Crippen LogP contribution in [-0.4, -0.2) is 20.4 Å². The van der Waals surface area contributed by atoms with Crippen molar-refractivity contribution in [3.63, 3.8) is 0 Å². The normalized spacial score (nSPS) is 11.6. The van der Waals surface area contributed by atoms with Gasteiger partial charge < -0.3 is 10.5 Å². The molecule has 2 aromatic heterocycles. The third-order valence-corrected chi connectivity index (χ3v) is 2.22. The molecule has 2 heterocycles. The zero-order valence-corrected chi connectivity index (χ0v) is 11.1. The first-order valence-corrected chi connectivity index (χ1v) is 5.82. The first kappa shape index (κ1) is 12.4. The van der Waals surface area contributed by atoms with E-state index in [0.29, 0.717) is 17.4 Å². The van der Waals surface area contributed by atoms with E-state index in [-0.39, 0.29) is 5.60 Å². The molecule has 2 rings (SSSR count). The number of hydrogen-bond donors (Lipinski definition) is 1. The summed E-state index contributed by atoms with van der Waals surface area (Å²) in [5, 5.41) is 4.21. The molecule has 0 bridgehead atoms. The van der Waals surface area contributed by atoms with E-state index < -0.39 is 0 Å². The van der Waals surface area contributed by atoms with Gasteiger partial charge in [0.25, 0.3) is 0 Å². The second-order valence-electron chi connectivity index (χ2n) is 5.24. The zero-order chi connectivity index (χ0) is 13.3. The number of anilines is 1. The summed E-state index contributed by atoms with van der Waals surface area (Å²) in [4.78, 5) is 4.39. The molecule has 0 fully saturated rings. The SMILES string of the molecule is Cc1cnn(-c2ccc(N)c(OC(C)(C)C)n2)c1. The maximum absolute atomic E-state index is 5.86. The first-order chi connectivity index (χ1) is 8.35. The molecule has 96 valence electrons. The number of aryl methyl sites for hydroxylation is 1. The maximum atomic E-state index is 5.86. The smallest absolute Gasteiger partial charge is 0.239 e. The maximum Gasteiger partial charge on any atom is 0.239 e. The quantitative estimate of drug-likeness (QED) is 0.883. The fraction of sp³-hybridized carbons (Fsp3) is 0.385. The Morgan fingerprint density at radius 1 is 1.28 bits per heavy atom. The molecule has 0 aromatic carbocycles. The van der Waals surface area contributed by atoms with Crippen molar-refractivity contribution in [2.24, 2.45) is 0 Å². The summed E-state index contributed by atoms with van der Waals surface area (Å²) in [5.74, 6) is 1.13. The van der Waals surface area contributed by atoms with Gasteiger partial charge in [0.2, 0.25) is 5.88 Å². The molecule has 2 N–H and O–H groups in total. The summed E-state index contributed by atoms with van der Waals surface area (Å²) in [5.41, 5.74) is 7.13. The Labute approximate surface area is 107 Å². The summed E-state index contributed by atoms with van der Waals surface area (Å²) in [6.45, 7) is 7.85. The van der Waals surface area contributed by atoms with Gasteiger partial charge in [0.15, 0.2) is 5.82 Å². The van der Waals surface area contributed by atoms with Crippen LogP contribution in [0.5, 0.6) is 5.88 Å². The molecule has 18 heavy (non-hydrogen) atoms. The molecular formula is C13H18N4O. The van der Waals surface area contributed by atoms with E-state index in [1.807, 2.05) is 40.0 Å². The Morgan fingerprint density at radius 2 is 2.00 bits per heavy atom. The van der Waals surface area contributed by atoms with Crippen molar-refractivity contribution in [2.75, 3.05) is 5.73 Å². The zero-order valence-electron chi connectivity index (χ0n) is 11.1. The third kappa shape index (κ3) is 2.80. The molecule has 0 unspecified atom stereocenters. The lowest BCUT2D eigenvalue weighted by molar-refractivity contribution is 0.125. The Morgan fingerprint density at radius 3 is 2.56 bits per heavy atom. The minimum absolute atomic E-state index is 0.334. The summed E-state index contributed by atoms with van der Waals surface area (Å²) >= 11 is 0. The molecule has 0 aliphatic heterocycles. The van der Waals surface area contributed by atoms with Crippen molar-refractivity contribution in [1.82, 2.24) is 14.8 Å². The van der Waals surface area contributed by atoms with Gasteiger partial charge in [-0.05, 0) is 45.4 Å². The summed E-state index contributed by atoms with van der Waals surface area (Å²) in [6, 6.07) is 3.59. The highest BCUT2D eigenvalue weighted by Crippen LogP contribution is 2.24. The van der Waals surface area contributed by atoms with E-state index in [0.717, 1.165) is 5.56 Å². The molecule has 0 saturated heterocycles. The van der Waals surface area contributed by atoms with Crippen molar-refractivity contribution in [3.05, 3.63) is 30.1 Å². The number of aromatic nitrogens is 3. The van der Waals surface area contributed by atoms with Gasteiger partial charge in [0.1, 0.15) is 5.60 Å². The summed E-state index contributed by atoms with van der Waals surface area (Å²) in [6.07, 6.45) is 3.68. The number of pyridine rings is 1. The Hall–Kier alpha value is -2.04. The lowest BCUT2D eigenvalue weighted by Crippen LogP contribution is -2.24. The number of hydrogen-bond acceptors (Lipinski definition) is 4. The van der Waals surface area contributed by atoms with Crippen LogP contribution in [-0.2, 0) is 0 Å². The van der Waals surface area contributed by atoms with Crippen LogP contribution in [0.2, 0.25) is 0 Å². The first-order valence-electron chi connectivity index (χ1n) is 5.82. The molecule has 5 nitrogen and oxygen atoms in total. The van der Waals surface area contributed by atoms with Gasteiger partial charge in [0, 0.05) is 6.20 Å². The Balaban J connectivity index is 2.37. The topological polar surface area (TPSA) is 66.0 Å². The summed E-state index contributed by atoms with van der Waals surface area (Å²) < 4.78 is 7.42. The van der Waals surface area contributed by atoms with Crippen LogP contribution in [0.15, 0.2) is 24.5 Å². The van der Waals surface area contributed by atoms with E-state index in [9.17, 15) is 0 Å². The van der Waals surface area contributed by atoms with Gasteiger partial charge >= 0.3 is 0 Å². The molecule has 5 heteroatoms. The number of nitrogen functional groups attached to an aromatic ring is 1. The van der Waals surface area contributed by atoms with Gasteiger partial charge in [-0.25, -0.2) is 4.68 Å². The second-order valence-corrected chi connectivity index (χ2v) is 5.24. The lowest BCUT2D eigenvalue weighted by atomic mass is 10.2. The highest BCUT2D eigenvalue weighted by molar-refractivity contribution is 5.50. The standard InChI is InChI=1S/C13H18N4O/c1-9-7-15-17(8-9)11-6-5-10(14)12(16-11)18-13(2,3)4/h5-8H,14H2,1-4H3. The van der Waals surface area contributed by atoms with Crippen LogP contribution in [0.1, 0.15) is 26.3 Å². The van der Waals surface area contributed by atoms with Crippen molar-refractivity contribution >= 4 is 5.69 Å². The second kappa shape index (κ2) is 4.33. The van der Waals surface area contributed by atoms with Crippen molar-refractivity contribution in [1.29, 1.82) is 0 Å². The predicted molar refractivity (Wildman–Crippen MR) is 70.9 cm³/mol. The number of rotatable bonds is 2. The monoisotopic (exact) mass is 246 g/mol. The third-order valence-electron chi connectivity index (χ3n) is 2.22. The van der Waals surface area contributed by atoms with Crippen LogP contribution in [0.4, 0.5) is 5.69 Å². The molecule has 0 aliphatic carbocycles. The molecule has 0 radical (unpaired) electrons. The number of nitrogens with two attached hydrogens (primary N) is 1. The van der Waals surface area contributed by atoms with Gasteiger partial charge in [-0.3, -0.25) is 0 Å². The van der Waals surface area contributed by atoms with E-state index >= 15 is 0 Å². The van der Waals surface area contributed by atoms with Crippen molar-refractivity contribution in [3.8, 4) is 11.7 Å². The van der Waals surface area contributed by atoms with E-state index in [1.54, 1.807) is 16.9 Å². The van der Waals surface area contributed by atoms with Crippen LogP contribution >= 0.6 is 0 Å². The minimum atomic E-state index is -0.334. The molecule has 2 aromatic rings. The van der Waals surface area contributed by atoms with Crippen molar-refractivity contribution in [2.45, 2.75) is 33.3 Å².